The molecule has 5 atom stereocenters. The fraction of sp³-hybridized carbons (Fsp3) is 0.624. The van der Waals surface area contributed by atoms with E-state index < -0.39 is 97.5 Å². The van der Waals surface area contributed by atoms with Crippen molar-refractivity contribution in [2.24, 2.45) is 0 Å². The molecule has 0 fully saturated rings. The standard InChI is InChI=1S/C85H138O17P2/c1-5-9-13-17-21-25-29-33-37-38-39-40-44-46-50-54-58-62-66-70-83(88)96-76-81(102-85(90)72-68-64-60-56-52-48-43-36-32-28-24-20-16-12-8-4)78-100-104(93,94)98-74-79(86)73-97-103(91,92)99-77-80(101-84(89)71-67-63-59-55-51-47-42-35-31-27-23-19-15-11-7-3)75-95-82(87)69-65-61-57-53-49-45-41-34-30-26-22-18-14-10-6-2/h9-10,12-14,16,21-22,24-26,28,33-37,39-43,46,49-50,53,58,62,79-81,86H,5-8,11,15,17-20,23,27,29-32,38,44-45,47-48,51-52,54-57,59-61,63-78H2,1-4H3,(H,91,92)(H,93,94)/b13-9-,14-10-,16-12-,25-21-,26-22-,28-24-,37-33-,40-39-,41-34-,42-35-,43-36-,50-46-,53-49-,62-58-. The number of allylic oxidation sites excluding steroid dienone is 28. The second-order valence-corrected chi connectivity index (χ2v) is 28.4. The molecule has 0 radical (unpaired) electrons. The van der Waals surface area contributed by atoms with E-state index in [9.17, 15) is 43.2 Å². The van der Waals surface area contributed by atoms with Gasteiger partial charge in [0.25, 0.3) is 0 Å². The highest BCUT2D eigenvalue weighted by molar-refractivity contribution is 7.47. The average Bonchev–Trinajstić information content (AvgIpc) is 0.918. The molecule has 590 valence electrons. The lowest BCUT2D eigenvalue weighted by atomic mass is 10.1. The minimum atomic E-state index is -5.01. The summed E-state index contributed by atoms with van der Waals surface area (Å²) < 4.78 is 68.4. The van der Waals surface area contributed by atoms with Gasteiger partial charge in [-0.15, -0.1) is 0 Å². The lowest BCUT2D eigenvalue weighted by Gasteiger charge is -2.21. The number of carbonyl (C=O) groups excluding carboxylic acids is 4. The fourth-order valence-electron chi connectivity index (χ4n) is 9.77. The van der Waals surface area contributed by atoms with Gasteiger partial charge in [0.1, 0.15) is 19.3 Å². The summed E-state index contributed by atoms with van der Waals surface area (Å²) in [5.74, 6) is -2.36. The molecule has 0 aliphatic carbocycles. The van der Waals surface area contributed by atoms with Gasteiger partial charge >= 0.3 is 39.5 Å². The first-order valence-electron chi connectivity index (χ1n) is 39.4. The van der Waals surface area contributed by atoms with E-state index in [1.165, 1.54) is 38.5 Å². The molecular weight excluding hydrogens is 1350 g/mol. The van der Waals surface area contributed by atoms with Gasteiger partial charge in [0.05, 0.1) is 26.4 Å². The second kappa shape index (κ2) is 75.6. The number of hydrogen-bond donors (Lipinski definition) is 3. The summed E-state index contributed by atoms with van der Waals surface area (Å²) in [6.07, 6.45) is 89.3. The molecule has 0 aromatic heterocycles. The van der Waals surface area contributed by atoms with Crippen molar-refractivity contribution in [2.75, 3.05) is 39.6 Å². The third kappa shape index (κ3) is 74.7. The van der Waals surface area contributed by atoms with E-state index in [1.807, 2.05) is 18.2 Å². The Kier molecular flexibility index (Phi) is 71.6. The highest BCUT2D eigenvalue weighted by Gasteiger charge is 2.30. The Bertz CT molecular complexity index is 2640. The molecule has 19 heteroatoms. The Balaban J connectivity index is 5.49. The van der Waals surface area contributed by atoms with E-state index >= 15 is 0 Å². The summed E-state index contributed by atoms with van der Waals surface area (Å²) in [7, 11) is -10.0. The smallest absolute Gasteiger partial charge is 0.462 e. The number of ether oxygens (including phenoxy) is 4. The quantitative estimate of drug-likeness (QED) is 0.0169. The number of phosphoric acid groups is 2. The van der Waals surface area contributed by atoms with Crippen molar-refractivity contribution < 1.29 is 80.2 Å². The molecule has 0 saturated carbocycles. The maximum atomic E-state index is 13.1. The lowest BCUT2D eigenvalue weighted by Crippen LogP contribution is -2.30. The van der Waals surface area contributed by atoms with Crippen LogP contribution >= 0.6 is 15.6 Å². The van der Waals surface area contributed by atoms with Crippen LogP contribution in [0.1, 0.15) is 285 Å². The predicted molar refractivity (Wildman–Crippen MR) is 426 cm³/mol. The van der Waals surface area contributed by atoms with Crippen LogP contribution in [-0.2, 0) is 65.4 Å². The molecule has 0 aromatic carbocycles. The van der Waals surface area contributed by atoms with Crippen molar-refractivity contribution in [3.05, 3.63) is 170 Å². The SMILES string of the molecule is CC/C=C\C/C=C\C/C=C\C/C=C\C/C=C\C/C=C\CCC(=O)OCC(COP(=O)(O)OCC(O)COP(=O)(O)OCC(COC(=O)CCCC/C=C\C/C=C\C/C=C\C/C=C\CC)OC(=O)CCCCCCC/C=C\CCCCCCCC)OC(=O)CCCCCCC/C=C\C/C=C\C/C=C\CC. The molecular formula is C85H138O17P2. The van der Waals surface area contributed by atoms with Gasteiger partial charge in [0.2, 0.25) is 0 Å². The normalized spacial score (nSPS) is 14.8. The molecule has 0 bridgehead atoms. The number of carbonyl (C=O) groups is 4. The van der Waals surface area contributed by atoms with Crippen LogP contribution in [0, 0.1) is 0 Å². The fourth-order valence-corrected chi connectivity index (χ4v) is 11.4. The number of aliphatic hydroxyl groups excluding tert-OH is 1. The maximum Gasteiger partial charge on any atom is 0.472 e. The number of phosphoric ester groups is 2. The van der Waals surface area contributed by atoms with Gasteiger partial charge in [0.15, 0.2) is 12.2 Å². The number of unbranched alkanes of at least 4 members (excludes halogenated alkanes) is 18. The van der Waals surface area contributed by atoms with Gasteiger partial charge < -0.3 is 33.8 Å². The van der Waals surface area contributed by atoms with E-state index in [2.05, 4.69) is 180 Å². The Hall–Kier alpha value is -5.58. The van der Waals surface area contributed by atoms with E-state index in [1.54, 1.807) is 0 Å². The molecule has 0 spiro atoms. The van der Waals surface area contributed by atoms with Gasteiger partial charge in [-0.3, -0.25) is 37.3 Å². The van der Waals surface area contributed by atoms with Crippen LogP contribution in [0.4, 0.5) is 0 Å². The average molecular weight is 1490 g/mol. The molecule has 5 unspecified atom stereocenters. The van der Waals surface area contributed by atoms with Crippen molar-refractivity contribution in [2.45, 2.75) is 303 Å². The lowest BCUT2D eigenvalue weighted by molar-refractivity contribution is -0.161. The molecule has 0 aromatic rings. The van der Waals surface area contributed by atoms with Crippen molar-refractivity contribution in [1.29, 1.82) is 0 Å². The topological polar surface area (TPSA) is 237 Å². The molecule has 0 rings (SSSR count). The second-order valence-electron chi connectivity index (χ2n) is 25.5. The molecule has 0 heterocycles. The zero-order valence-corrected chi connectivity index (χ0v) is 66.2. The summed E-state index contributed by atoms with van der Waals surface area (Å²) in [4.78, 5) is 73.0. The minimum Gasteiger partial charge on any atom is -0.462 e. The van der Waals surface area contributed by atoms with Crippen LogP contribution < -0.4 is 0 Å². The minimum absolute atomic E-state index is 0.0254. The largest absolute Gasteiger partial charge is 0.472 e. The molecule has 0 saturated heterocycles. The first-order chi connectivity index (χ1) is 50.7. The number of hydrogen-bond acceptors (Lipinski definition) is 15. The molecule has 3 N–H and O–H groups in total. The molecule has 0 aliphatic heterocycles. The van der Waals surface area contributed by atoms with E-state index in [-0.39, 0.29) is 25.7 Å². The van der Waals surface area contributed by atoms with Crippen molar-refractivity contribution >= 4 is 39.5 Å². The summed E-state index contributed by atoms with van der Waals surface area (Å²) in [5, 5.41) is 10.6. The predicted octanol–water partition coefficient (Wildman–Crippen LogP) is 23.0. The van der Waals surface area contributed by atoms with Crippen LogP contribution in [0.5, 0.6) is 0 Å². The van der Waals surface area contributed by atoms with Crippen molar-refractivity contribution in [1.82, 2.24) is 0 Å². The summed E-state index contributed by atoms with van der Waals surface area (Å²) in [6.45, 7) is 4.35. The van der Waals surface area contributed by atoms with Gasteiger partial charge in [-0.1, -0.05) is 268 Å². The van der Waals surface area contributed by atoms with Gasteiger partial charge in [-0.05, 0) is 161 Å². The van der Waals surface area contributed by atoms with Crippen LogP contribution in [-0.4, -0.2) is 96.7 Å². The maximum absolute atomic E-state index is 13.1. The number of esters is 4. The van der Waals surface area contributed by atoms with Crippen LogP contribution in [0.15, 0.2) is 170 Å². The molecule has 0 amide bonds. The monoisotopic (exact) mass is 1490 g/mol. The first kappa shape index (κ1) is 98.4. The third-order valence-electron chi connectivity index (χ3n) is 15.7. The van der Waals surface area contributed by atoms with Crippen molar-refractivity contribution in [3.63, 3.8) is 0 Å². The molecule has 17 nitrogen and oxygen atoms in total. The number of rotatable bonds is 72. The van der Waals surface area contributed by atoms with Gasteiger partial charge in [-0.25, -0.2) is 9.13 Å². The Labute approximate surface area is 629 Å². The van der Waals surface area contributed by atoms with Crippen LogP contribution in [0.2, 0.25) is 0 Å². The van der Waals surface area contributed by atoms with Crippen LogP contribution in [0.3, 0.4) is 0 Å². The van der Waals surface area contributed by atoms with Gasteiger partial charge in [0, 0.05) is 25.7 Å². The van der Waals surface area contributed by atoms with Gasteiger partial charge in [-0.2, -0.15) is 0 Å². The zero-order chi connectivity index (χ0) is 76.0. The summed E-state index contributed by atoms with van der Waals surface area (Å²) in [6, 6.07) is 0. The Morgan fingerprint density at radius 2 is 0.519 bits per heavy atom. The van der Waals surface area contributed by atoms with E-state index in [0.29, 0.717) is 32.1 Å². The highest BCUT2D eigenvalue weighted by atomic mass is 31.2. The van der Waals surface area contributed by atoms with Crippen molar-refractivity contribution in [3.8, 4) is 0 Å². The highest BCUT2D eigenvalue weighted by Crippen LogP contribution is 2.45. The Morgan fingerprint density at radius 3 is 0.856 bits per heavy atom. The molecule has 104 heavy (non-hydrogen) atoms. The first-order valence-corrected chi connectivity index (χ1v) is 42.4. The summed E-state index contributed by atoms with van der Waals surface area (Å²) >= 11 is 0. The van der Waals surface area contributed by atoms with E-state index in [4.69, 9.17) is 37.0 Å². The Morgan fingerprint density at radius 1 is 0.279 bits per heavy atom. The third-order valence-corrected chi connectivity index (χ3v) is 17.6. The zero-order valence-electron chi connectivity index (χ0n) is 64.4. The summed E-state index contributed by atoms with van der Waals surface area (Å²) in [5.41, 5.74) is 0. The molecule has 0 aliphatic rings. The number of aliphatic hydroxyl groups is 1. The van der Waals surface area contributed by atoms with E-state index in [0.717, 1.165) is 161 Å². The van der Waals surface area contributed by atoms with Crippen LogP contribution in [0.25, 0.3) is 0 Å².